The average molecular weight is 654 g/mol. The number of nitrogens with zero attached hydrogens (tertiary/aromatic N) is 3. The van der Waals surface area contributed by atoms with E-state index in [0.717, 1.165) is 16.0 Å². The maximum atomic E-state index is 14.2. The Kier molecular flexibility index (Phi) is 8.90. The summed E-state index contributed by atoms with van der Waals surface area (Å²) in [4.78, 5) is 44.5. The van der Waals surface area contributed by atoms with Crippen LogP contribution in [0.1, 0.15) is 34.5 Å². The van der Waals surface area contributed by atoms with E-state index >= 15 is 0 Å². The molecule has 2 aromatic heterocycles. The largest absolute Gasteiger partial charge is 0.493 e. The summed E-state index contributed by atoms with van der Waals surface area (Å²) >= 11 is 2.65. The van der Waals surface area contributed by atoms with Gasteiger partial charge in [0, 0.05) is 28.1 Å². The molecule has 46 heavy (non-hydrogen) atoms. The number of carbonyl (C=O) groups excluding carboxylic acids is 1. The minimum Gasteiger partial charge on any atom is -0.493 e. The SMILES string of the molecule is CCOC(=O)C1=C(c2ccccc2)N=c2s/c(=C\c3cccc(OC)c3OCc3ccc([N+](=O)[O-])cc3)c(=O)n2[C@H]1c1cccs1. The number of fused-ring (bicyclic) bond motifs is 1. The van der Waals surface area contributed by atoms with E-state index in [2.05, 4.69) is 0 Å². The van der Waals surface area contributed by atoms with Gasteiger partial charge in [0.15, 0.2) is 16.3 Å². The lowest BCUT2D eigenvalue weighted by molar-refractivity contribution is -0.384. The summed E-state index contributed by atoms with van der Waals surface area (Å²) < 4.78 is 19.2. The Labute approximate surface area is 270 Å². The monoisotopic (exact) mass is 653 g/mol. The fourth-order valence-electron chi connectivity index (χ4n) is 5.13. The molecule has 12 heteroatoms. The fourth-order valence-corrected chi connectivity index (χ4v) is 6.94. The number of para-hydroxylation sites is 1. The second kappa shape index (κ2) is 13.3. The zero-order valence-electron chi connectivity index (χ0n) is 24.7. The Balaban J connectivity index is 1.49. The number of esters is 1. The van der Waals surface area contributed by atoms with Crippen LogP contribution in [0.3, 0.4) is 0 Å². The molecular formula is C34H27N3O7S2. The highest BCUT2D eigenvalue weighted by Crippen LogP contribution is 2.37. The lowest BCUT2D eigenvalue weighted by Crippen LogP contribution is -2.39. The van der Waals surface area contributed by atoms with E-state index in [4.69, 9.17) is 19.2 Å². The third-order valence-electron chi connectivity index (χ3n) is 7.23. The van der Waals surface area contributed by atoms with Crippen molar-refractivity contribution in [1.82, 2.24) is 4.57 Å². The van der Waals surface area contributed by atoms with Crippen molar-refractivity contribution in [2.75, 3.05) is 13.7 Å². The van der Waals surface area contributed by atoms with Gasteiger partial charge in [-0.2, -0.15) is 0 Å². The summed E-state index contributed by atoms with van der Waals surface area (Å²) in [5, 5.41) is 13.0. The first-order valence-electron chi connectivity index (χ1n) is 14.2. The molecule has 5 aromatic rings. The standard InChI is InChI=1S/C34H27N3O7S2/c1-3-43-33(39)28-29(22-9-5-4-6-10-22)35-34-36(30(28)26-13-8-18-45-26)32(38)27(46-34)19-23-11-7-12-25(42-2)31(23)44-20-21-14-16-24(17-15-21)37(40)41/h4-19,30H,3,20H2,1-2H3/b27-19-/t30-/m0/s1. The Morgan fingerprint density at radius 2 is 1.83 bits per heavy atom. The summed E-state index contributed by atoms with van der Waals surface area (Å²) in [5.74, 6) is 0.324. The maximum absolute atomic E-state index is 14.2. The van der Waals surface area contributed by atoms with Gasteiger partial charge < -0.3 is 14.2 Å². The molecule has 0 unspecified atom stereocenters. The van der Waals surface area contributed by atoms with Gasteiger partial charge in [-0.3, -0.25) is 19.5 Å². The Morgan fingerprint density at radius 1 is 1.04 bits per heavy atom. The number of methoxy groups -OCH3 is 1. The highest BCUT2D eigenvalue weighted by molar-refractivity contribution is 7.10. The normalized spacial score (nSPS) is 14.4. The third kappa shape index (κ3) is 6.00. The first-order chi connectivity index (χ1) is 22.4. The molecule has 0 saturated carbocycles. The van der Waals surface area contributed by atoms with E-state index in [9.17, 15) is 19.7 Å². The molecule has 1 aliphatic rings. The fraction of sp³-hybridized carbons (Fsp3) is 0.147. The predicted molar refractivity (Wildman–Crippen MR) is 176 cm³/mol. The number of aromatic nitrogens is 1. The number of non-ortho nitro benzene ring substituents is 1. The third-order valence-corrected chi connectivity index (χ3v) is 9.14. The number of nitro benzene ring substituents is 1. The highest BCUT2D eigenvalue weighted by atomic mass is 32.1. The number of benzene rings is 3. The average Bonchev–Trinajstić information content (AvgIpc) is 3.72. The van der Waals surface area contributed by atoms with Crippen molar-refractivity contribution in [2.24, 2.45) is 4.99 Å². The first kappa shape index (κ1) is 30.7. The molecule has 0 spiro atoms. The van der Waals surface area contributed by atoms with Crippen molar-refractivity contribution < 1.29 is 23.9 Å². The minimum atomic E-state index is -0.740. The Bertz CT molecular complexity index is 2120. The molecule has 10 nitrogen and oxygen atoms in total. The highest BCUT2D eigenvalue weighted by Gasteiger charge is 2.35. The number of thiazole rings is 1. The van der Waals surface area contributed by atoms with Crippen LogP contribution >= 0.6 is 22.7 Å². The van der Waals surface area contributed by atoms with Gasteiger partial charge in [-0.15, -0.1) is 11.3 Å². The molecule has 3 heterocycles. The molecule has 0 radical (unpaired) electrons. The van der Waals surface area contributed by atoms with E-state index in [1.54, 1.807) is 41.8 Å². The molecule has 0 saturated heterocycles. The molecule has 0 fully saturated rings. The van der Waals surface area contributed by atoms with Crippen LogP contribution in [-0.4, -0.2) is 29.2 Å². The minimum absolute atomic E-state index is 0.0144. The van der Waals surface area contributed by atoms with Gasteiger partial charge in [0.2, 0.25) is 0 Å². The summed E-state index contributed by atoms with van der Waals surface area (Å²) in [5.41, 5.74) is 2.46. The van der Waals surface area contributed by atoms with Crippen molar-refractivity contribution in [3.05, 3.63) is 147 Å². The van der Waals surface area contributed by atoms with E-state index in [1.807, 2.05) is 53.9 Å². The molecule has 0 N–H and O–H groups in total. The summed E-state index contributed by atoms with van der Waals surface area (Å²) in [6, 6.07) is 23.9. The van der Waals surface area contributed by atoms with Crippen LogP contribution in [0.5, 0.6) is 11.5 Å². The maximum Gasteiger partial charge on any atom is 0.338 e. The van der Waals surface area contributed by atoms with Gasteiger partial charge >= 0.3 is 5.97 Å². The summed E-state index contributed by atoms with van der Waals surface area (Å²) in [6.45, 7) is 2.03. The van der Waals surface area contributed by atoms with Crippen LogP contribution in [0.25, 0.3) is 11.8 Å². The van der Waals surface area contributed by atoms with Crippen LogP contribution in [0, 0.1) is 10.1 Å². The van der Waals surface area contributed by atoms with Gasteiger partial charge in [0.1, 0.15) is 12.6 Å². The number of nitro groups is 1. The second-order valence-electron chi connectivity index (χ2n) is 10.0. The second-order valence-corrected chi connectivity index (χ2v) is 12.0. The number of hydrogen-bond acceptors (Lipinski definition) is 10. The lowest BCUT2D eigenvalue weighted by Gasteiger charge is -2.24. The molecule has 0 bridgehead atoms. The Hall–Kier alpha value is -5.33. The van der Waals surface area contributed by atoms with Crippen LogP contribution in [-0.2, 0) is 16.1 Å². The number of rotatable bonds is 10. The van der Waals surface area contributed by atoms with E-state index < -0.39 is 16.9 Å². The van der Waals surface area contributed by atoms with Crippen molar-refractivity contribution in [3.8, 4) is 11.5 Å². The topological polar surface area (TPSA) is 122 Å². The zero-order valence-corrected chi connectivity index (χ0v) is 26.4. The van der Waals surface area contributed by atoms with E-state index in [1.165, 1.54) is 41.9 Å². The van der Waals surface area contributed by atoms with Gasteiger partial charge in [0.25, 0.3) is 11.2 Å². The van der Waals surface area contributed by atoms with E-state index in [0.29, 0.717) is 37.7 Å². The van der Waals surface area contributed by atoms with E-state index in [-0.39, 0.29) is 24.5 Å². The quantitative estimate of drug-likeness (QED) is 0.111. The lowest BCUT2D eigenvalue weighted by atomic mass is 9.97. The molecule has 1 aliphatic heterocycles. The van der Waals surface area contributed by atoms with Crippen LogP contribution in [0.2, 0.25) is 0 Å². The number of thiophene rings is 1. The number of ether oxygens (including phenoxy) is 3. The van der Waals surface area contributed by atoms with Crippen LogP contribution < -0.4 is 24.4 Å². The van der Waals surface area contributed by atoms with Gasteiger partial charge in [-0.1, -0.05) is 59.9 Å². The molecular weight excluding hydrogens is 627 g/mol. The summed E-state index contributed by atoms with van der Waals surface area (Å²) in [6.07, 6.45) is 1.72. The van der Waals surface area contributed by atoms with Crippen molar-refractivity contribution in [1.29, 1.82) is 0 Å². The van der Waals surface area contributed by atoms with Gasteiger partial charge in [-0.25, -0.2) is 9.79 Å². The van der Waals surface area contributed by atoms with Crippen molar-refractivity contribution in [2.45, 2.75) is 19.6 Å². The number of carbonyl (C=O) groups is 1. The number of hydrogen-bond donors (Lipinski definition) is 0. The van der Waals surface area contributed by atoms with Crippen LogP contribution in [0.4, 0.5) is 5.69 Å². The molecule has 232 valence electrons. The predicted octanol–water partition coefficient (Wildman–Crippen LogP) is 5.49. The van der Waals surface area contributed by atoms with Gasteiger partial charge in [0.05, 0.1) is 34.4 Å². The van der Waals surface area contributed by atoms with Crippen molar-refractivity contribution in [3.63, 3.8) is 0 Å². The smallest absolute Gasteiger partial charge is 0.338 e. The first-order valence-corrected chi connectivity index (χ1v) is 15.9. The molecule has 6 rings (SSSR count). The summed E-state index contributed by atoms with van der Waals surface area (Å²) in [7, 11) is 1.52. The molecule has 0 amide bonds. The zero-order chi connectivity index (χ0) is 32.2. The molecule has 3 aromatic carbocycles. The van der Waals surface area contributed by atoms with Gasteiger partial charge in [-0.05, 0) is 48.2 Å². The Morgan fingerprint density at radius 3 is 2.50 bits per heavy atom. The molecule has 0 aliphatic carbocycles. The van der Waals surface area contributed by atoms with Crippen molar-refractivity contribution >= 4 is 46.1 Å². The molecule has 1 atom stereocenters. The van der Waals surface area contributed by atoms with Crippen LogP contribution in [0.15, 0.2) is 106 Å².